The molecule has 0 saturated carbocycles. The van der Waals surface area contributed by atoms with Gasteiger partial charge >= 0.3 is 0 Å². The van der Waals surface area contributed by atoms with Crippen LogP contribution in [0.4, 0.5) is 11.4 Å². The van der Waals surface area contributed by atoms with Gasteiger partial charge in [0.15, 0.2) is 0 Å². The molecule has 0 spiro atoms. The first-order valence-corrected chi connectivity index (χ1v) is 17.7. The molecule has 2 aliphatic rings. The van der Waals surface area contributed by atoms with Crippen LogP contribution in [0.15, 0.2) is 127 Å². The molecule has 10 rings (SSSR count). The van der Waals surface area contributed by atoms with Crippen molar-refractivity contribution in [2.45, 2.75) is 31.7 Å². The second kappa shape index (κ2) is 9.65. The van der Waals surface area contributed by atoms with E-state index < -0.39 is 0 Å². The van der Waals surface area contributed by atoms with Crippen LogP contribution in [0.25, 0.3) is 58.2 Å². The van der Waals surface area contributed by atoms with Crippen molar-refractivity contribution in [2.75, 3.05) is 4.90 Å². The summed E-state index contributed by atoms with van der Waals surface area (Å²) in [5.41, 5.74) is 9.53. The quantitative estimate of drug-likeness (QED) is 0.189. The monoisotopic (exact) mass is 625 g/mol. The summed E-state index contributed by atoms with van der Waals surface area (Å²) in [5, 5.41) is 6.70. The fourth-order valence-corrected chi connectivity index (χ4v) is 10.5. The van der Waals surface area contributed by atoms with E-state index in [1.807, 2.05) is 22.7 Å². The normalized spacial score (nSPS) is 16.3. The maximum absolute atomic E-state index is 2.60. The van der Waals surface area contributed by atoms with Crippen molar-refractivity contribution in [1.29, 1.82) is 0 Å². The second-order valence-electron chi connectivity index (χ2n) is 13.3. The van der Waals surface area contributed by atoms with Gasteiger partial charge < -0.3 is 4.90 Å². The fraction of sp³-hybridized carbons (Fsp3) is 0.116. The van der Waals surface area contributed by atoms with Crippen molar-refractivity contribution < 1.29 is 0 Å². The van der Waals surface area contributed by atoms with Crippen LogP contribution in [0.2, 0.25) is 0 Å². The van der Waals surface area contributed by atoms with E-state index in [4.69, 9.17) is 0 Å². The predicted molar refractivity (Wildman–Crippen MR) is 201 cm³/mol. The topological polar surface area (TPSA) is 3.24 Å². The van der Waals surface area contributed by atoms with E-state index in [0.29, 0.717) is 0 Å². The number of fused-ring (bicyclic) bond motifs is 11. The smallest absolute Gasteiger partial charge is 0.0566 e. The number of hydrogen-bond donors (Lipinski definition) is 0. The van der Waals surface area contributed by atoms with Gasteiger partial charge in [0, 0.05) is 46.5 Å². The van der Waals surface area contributed by atoms with E-state index in [0.717, 1.165) is 6.42 Å². The largest absolute Gasteiger partial charge is 0.334 e. The summed E-state index contributed by atoms with van der Waals surface area (Å²) >= 11 is 3.81. The number of anilines is 2. The molecule has 0 radical (unpaired) electrons. The lowest BCUT2D eigenvalue weighted by Gasteiger charge is -2.34. The van der Waals surface area contributed by atoms with E-state index in [9.17, 15) is 0 Å². The van der Waals surface area contributed by atoms with Gasteiger partial charge in [0.05, 0.1) is 6.04 Å². The summed E-state index contributed by atoms with van der Waals surface area (Å²) in [5.74, 6) is 0. The van der Waals surface area contributed by atoms with Crippen molar-refractivity contribution in [2.24, 2.45) is 0 Å². The first-order chi connectivity index (χ1) is 22.5. The molecule has 0 saturated heterocycles. The Morgan fingerprint density at radius 3 is 2.20 bits per heavy atom. The Labute approximate surface area is 276 Å². The van der Waals surface area contributed by atoms with Crippen LogP contribution in [-0.2, 0) is 11.8 Å². The third kappa shape index (κ3) is 3.73. The second-order valence-corrected chi connectivity index (χ2v) is 15.5. The minimum atomic E-state index is -0.0233. The maximum atomic E-state index is 2.60. The summed E-state index contributed by atoms with van der Waals surface area (Å²) in [6.07, 6.45) is 5.78. The van der Waals surface area contributed by atoms with Crippen molar-refractivity contribution >= 4 is 81.2 Å². The van der Waals surface area contributed by atoms with Crippen LogP contribution < -0.4 is 4.90 Å². The van der Waals surface area contributed by atoms with Gasteiger partial charge in [0.2, 0.25) is 0 Å². The minimum Gasteiger partial charge on any atom is -0.334 e. The van der Waals surface area contributed by atoms with Crippen molar-refractivity contribution in [3.05, 3.63) is 149 Å². The highest BCUT2D eigenvalue weighted by atomic mass is 32.1. The van der Waals surface area contributed by atoms with Crippen LogP contribution in [0.3, 0.4) is 0 Å². The first kappa shape index (κ1) is 26.5. The third-order valence-electron chi connectivity index (χ3n) is 10.4. The molecule has 2 aliphatic carbocycles. The molecule has 1 unspecified atom stereocenters. The summed E-state index contributed by atoms with van der Waals surface area (Å²) in [7, 11) is 0. The van der Waals surface area contributed by atoms with Crippen LogP contribution in [0.5, 0.6) is 0 Å². The van der Waals surface area contributed by atoms with Gasteiger partial charge in [-0.15, -0.1) is 22.7 Å². The number of nitrogens with zero attached hydrogens (tertiary/aromatic N) is 1. The predicted octanol–water partition coefficient (Wildman–Crippen LogP) is 12.5. The van der Waals surface area contributed by atoms with E-state index in [1.165, 1.54) is 85.1 Å². The average Bonchev–Trinajstić information content (AvgIpc) is 3.72. The lowest BCUT2D eigenvalue weighted by molar-refractivity contribution is 0.661. The standard InChI is InChI=1S/C43H31NS2/c1-43(2)36-12-6-3-11-33(36)42-34-23-27(17-15-26(34)16-21-37(42)43)44(28-19-22-40-35(24-28)31-10-5-8-14-39(31)45-40)29-18-20-32-30-9-4-7-13-38(30)46-41(32)25-29/h3-23,25,28H,24H2,1-2H3. The molecule has 0 bridgehead atoms. The van der Waals surface area contributed by atoms with Crippen molar-refractivity contribution in [3.63, 3.8) is 0 Å². The highest BCUT2D eigenvalue weighted by Gasteiger charge is 2.36. The number of benzene rings is 6. The Hall–Kier alpha value is -4.70. The molecule has 0 amide bonds. The summed E-state index contributed by atoms with van der Waals surface area (Å²) in [6.45, 7) is 4.74. The molecule has 6 aromatic carbocycles. The molecule has 0 aliphatic heterocycles. The first-order valence-electron chi connectivity index (χ1n) is 16.1. The summed E-state index contributed by atoms with van der Waals surface area (Å²) < 4.78 is 4.05. The van der Waals surface area contributed by atoms with Gasteiger partial charge in [-0.3, -0.25) is 0 Å². The van der Waals surface area contributed by atoms with Crippen molar-refractivity contribution in [1.82, 2.24) is 0 Å². The van der Waals surface area contributed by atoms with Gasteiger partial charge in [-0.1, -0.05) is 105 Å². The molecule has 0 N–H and O–H groups in total. The molecular formula is C43H31NS2. The number of hydrogen-bond acceptors (Lipinski definition) is 3. The fourth-order valence-electron chi connectivity index (χ4n) is 8.17. The highest BCUT2D eigenvalue weighted by molar-refractivity contribution is 7.25. The number of rotatable bonds is 3. The Morgan fingerprint density at radius 1 is 0.609 bits per heavy atom. The summed E-state index contributed by atoms with van der Waals surface area (Å²) in [6, 6.07) is 45.8. The van der Waals surface area contributed by atoms with E-state index >= 15 is 0 Å². The van der Waals surface area contributed by atoms with Gasteiger partial charge in [-0.25, -0.2) is 0 Å². The van der Waals surface area contributed by atoms with Crippen LogP contribution >= 0.6 is 22.7 Å². The van der Waals surface area contributed by atoms with E-state index in [2.05, 4.69) is 152 Å². The lowest BCUT2D eigenvalue weighted by Crippen LogP contribution is -2.32. The molecule has 220 valence electrons. The van der Waals surface area contributed by atoms with E-state index in [-0.39, 0.29) is 11.5 Å². The Kier molecular flexibility index (Phi) is 5.56. The zero-order valence-corrected chi connectivity index (χ0v) is 27.4. The van der Waals surface area contributed by atoms with Crippen LogP contribution in [-0.4, -0.2) is 6.04 Å². The molecule has 2 heterocycles. The van der Waals surface area contributed by atoms with Crippen LogP contribution in [0.1, 0.15) is 35.4 Å². The molecule has 1 nitrogen and oxygen atoms in total. The molecule has 0 fully saturated rings. The van der Waals surface area contributed by atoms with Gasteiger partial charge in [0.1, 0.15) is 0 Å². The maximum Gasteiger partial charge on any atom is 0.0566 e. The highest BCUT2D eigenvalue weighted by Crippen LogP contribution is 2.52. The lowest BCUT2D eigenvalue weighted by atomic mass is 9.82. The van der Waals surface area contributed by atoms with Gasteiger partial charge in [0.25, 0.3) is 0 Å². The summed E-state index contributed by atoms with van der Waals surface area (Å²) in [4.78, 5) is 3.99. The Morgan fingerprint density at radius 2 is 1.30 bits per heavy atom. The zero-order valence-electron chi connectivity index (χ0n) is 25.7. The molecule has 8 aromatic rings. The molecule has 3 heteroatoms. The van der Waals surface area contributed by atoms with E-state index in [1.54, 1.807) is 0 Å². The van der Waals surface area contributed by atoms with Crippen LogP contribution in [0, 0.1) is 0 Å². The molecule has 2 aromatic heterocycles. The average molecular weight is 626 g/mol. The number of thiophene rings is 2. The van der Waals surface area contributed by atoms with Gasteiger partial charge in [-0.05, 0) is 92.9 Å². The molecular weight excluding hydrogens is 595 g/mol. The molecule has 46 heavy (non-hydrogen) atoms. The molecule has 1 atom stereocenters. The van der Waals surface area contributed by atoms with Gasteiger partial charge in [-0.2, -0.15) is 0 Å². The minimum absolute atomic E-state index is 0.0233. The Bertz CT molecular complexity index is 2560. The van der Waals surface area contributed by atoms with Crippen molar-refractivity contribution in [3.8, 4) is 11.1 Å². The zero-order chi connectivity index (χ0) is 30.6. The SMILES string of the molecule is CC1(C)c2ccccc2-c2c1ccc1ccc(N(c3ccc4c(c3)sc3ccccc34)C3C=Cc4sc5ccccc5c4C3)cc21. The third-order valence-corrected chi connectivity index (χ3v) is 12.7. The Balaban J connectivity index is 1.19.